The number of nitrogens with zero attached hydrogens (tertiary/aromatic N) is 2. The standard InChI is InChI=1S/C26H21F4N3O2/c1-3-22-24(33-7-9-35-10-8-33)13-18(15-31-22)20-14-23(21(27)11-16(20)2)32-25(34)17-5-4-6-19(12-17)26(28,29)30/h1,4-6,11-15H,7-10H2,2H3,(H,32,34). The Labute approximate surface area is 199 Å². The molecule has 35 heavy (non-hydrogen) atoms. The van der Waals surface area contributed by atoms with Gasteiger partial charge in [0.1, 0.15) is 11.5 Å². The van der Waals surface area contributed by atoms with Crippen molar-refractivity contribution in [3.05, 3.63) is 76.9 Å². The Morgan fingerprint density at radius 2 is 1.91 bits per heavy atom. The van der Waals surface area contributed by atoms with Crippen molar-refractivity contribution in [2.45, 2.75) is 13.1 Å². The van der Waals surface area contributed by atoms with Gasteiger partial charge >= 0.3 is 6.18 Å². The van der Waals surface area contributed by atoms with E-state index in [-0.39, 0.29) is 11.3 Å². The quantitative estimate of drug-likeness (QED) is 0.405. The smallest absolute Gasteiger partial charge is 0.378 e. The van der Waals surface area contributed by atoms with E-state index in [1.54, 1.807) is 13.1 Å². The fraction of sp³-hybridized carbons (Fsp3) is 0.231. The van der Waals surface area contributed by atoms with E-state index in [1.807, 2.05) is 6.07 Å². The van der Waals surface area contributed by atoms with Crippen molar-refractivity contribution in [2.75, 3.05) is 36.5 Å². The lowest BCUT2D eigenvalue weighted by Crippen LogP contribution is -2.36. The van der Waals surface area contributed by atoms with Gasteiger partial charge in [-0.1, -0.05) is 6.07 Å². The molecule has 3 aromatic rings. The van der Waals surface area contributed by atoms with Gasteiger partial charge in [0.25, 0.3) is 5.91 Å². The zero-order chi connectivity index (χ0) is 25.2. The minimum Gasteiger partial charge on any atom is -0.378 e. The molecule has 1 N–H and O–H groups in total. The van der Waals surface area contributed by atoms with Crippen molar-refractivity contribution in [1.29, 1.82) is 0 Å². The highest BCUT2D eigenvalue weighted by atomic mass is 19.4. The molecular weight excluding hydrogens is 462 g/mol. The number of amides is 1. The summed E-state index contributed by atoms with van der Waals surface area (Å²) in [5, 5.41) is 2.38. The van der Waals surface area contributed by atoms with Crippen molar-refractivity contribution < 1.29 is 27.1 Å². The van der Waals surface area contributed by atoms with Gasteiger partial charge in [-0.25, -0.2) is 9.37 Å². The van der Waals surface area contributed by atoms with E-state index in [0.29, 0.717) is 48.7 Å². The van der Waals surface area contributed by atoms with Crippen LogP contribution in [-0.4, -0.2) is 37.2 Å². The Morgan fingerprint density at radius 3 is 2.60 bits per heavy atom. The highest BCUT2D eigenvalue weighted by Gasteiger charge is 2.31. The van der Waals surface area contributed by atoms with E-state index in [4.69, 9.17) is 11.2 Å². The third kappa shape index (κ3) is 5.28. The average molecular weight is 483 g/mol. The maximum Gasteiger partial charge on any atom is 0.416 e. The fourth-order valence-electron chi connectivity index (χ4n) is 3.87. The topological polar surface area (TPSA) is 54.5 Å². The number of terminal acetylenes is 1. The number of ether oxygens (including phenoxy) is 1. The Kier molecular flexibility index (Phi) is 6.76. The first-order chi connectivity index (χ1) is 16.7. The highest BCUT2D eigenvalue weighted by molar-refractivity contribution is 6.04. The number of aromatic nitrogens is 1. The van der Waals surface area contributed by atoms with E-state index >= 15 is 0 Å². The molecular formula is C26H21F4N3O2. The average Bonchev–Trinajstić information content (AvgIpc) is 2.85. The number of halogens is 4. The van der Waals surface area contributed by atoms with Crippen LogP contribution < -0.4 is 10.2 Å². The van der Waals surface area contributed by atoms with Gasteiger partial charge in [-0.2, -0.15) is 13.2 Å². The third-order valence-corrected chi connectivity index (χ3v) is 5.68. The molecule has 0 bridgehead atoms. The van der Waals surface area contributed by atoms with Crippen molar-refractivity contribution in [3.8, 4) is 23.5 Å². The zero-order valence-corrected chi connectivity index (χ0v) is 18.7. The van der Waals surface area contributed by atoms with Gasteiger partial charge < -0.3 is 15.0 Å². The lowest BCUT2D eigenvalue weighted by molar-refractivity contribution is -0.137. The molecule has 5 nitrogen and oxygen atoms in total. The van der Waals surface area contributed by atoms with Crippen LogP contribution in [0, 0.1) is 25.1 Å². The molecule has 0 spiro atoms. The lowest BCUT2D eigenvalue weighted by atomic mass is 9.99. The van der Waals surface area contributed by atoms with Crippen LogP contribution in [0.5, 0.6) is 0 Å². The van der Waals surface area contributed by atoms with Gasteiger partial charge in [-0.3, -0.25) is 4.79 Å². The van der Waals surface area contributed by atoms with Crippen LogP contribution in [0.1, 0.15) is 27.2 Å². The highest BCUT2D eigenvalue weighted by Crippen LogP contribution is 2.33. The maximum atomic E-state index is 14.7. The zero-order valence-electron chi connectivity index (χ0n) is 18.7. The summed E-state index contributed by atoms with van der Waals surface area (Å²) in [4.78, 5) is 19.1. The number of aryl methyl sites for hydroxylation is 1. The number of nitrogens with one attached hydrogen (secondary N) is 1. The third-order valence-electron chi connectivity index (χ3n) is 5.68. The maximum absolute atomic E-state index is 14.7. The predicted molar refractivity (Wildman–Crippen MR) is 125 cm³/mol. The van der Waals surface area contributed by atoms with Crippen molar-refractivity contribution >= 4 is 17.3 Å². The van der Waals surface area contributed by atoms with Crippen LogP contribution in [0.3, 0.4) is 0 Å². The lowest BCUT2D eigenvalue weighted by Gasteiger charge is -2.29. The molecule has 1 fully saturated rings. The van der Waals surface area contributed by atoms with E-state index in [2.05, 4.69) is 21.1 Å². The molecule has 0 atom stereocenters. The number of anilines is 2. The van der Waals surface area contributed by atoms with Crippen LogP contribution in [0.15, 0.2) is 48.7 Å². The van der Waals surface area contributed by atoms with Gasteiger partial charge in [-0.15, -0.1) is 6.42 Å². The first-order valence-corrected chi connectivity index (χ1v) is 10.8. The second kappa shape index (κ2) is 9.76. The molecule has 1 saturated heterocycles. The van der Waals surface area contributed by atoms with Crippen molar-refractivity contribution in [2.24, 2.45) is 0 Å². The van der Waals surface area contributed by atoms with Crippen LogP contribution in [0.25, 0.3) is 11.1 Å². The van der Waals surface area contributed by atoms with Crippen LogP contribution in [-0.2, 0) is 10.9 Å². The Hall–Kier alpha value is -3.90. The molecule has 0 unspecified atom stereocenters. The Bertz CT molecular complexity index is 1310. The molecule has 1 aliphatic rings. The van der Waals surface area contributed by atoms with E-state index in [1.165, 1.54) is 18.2 Å². The number of hydrogen-bond donors (Lipinski definition) is 1. The SMILES string of the molecule is C#Cc1ncc(-c2cc(NC(=O)c3cccc(C(F)(F)F)c3)c(F)cc2C)cc1N1CCOCC1. The molecule has 0 saturated carbocycles. The fourth-order valence-corrected chi connectivity index (χ4v) is 3.87. The van der Waals surface area contributed by atoms with Crippen LogP contribution in [0.4, 0.5) is 28.9 Å². The number of carbonyl (C=O) groups is 1. The largest absolute Gasteiger partial charge is 0.416 e. The van der Waals surface area contributed by atoms with Crippen molar-refractivity contribution in [3.63, 3.8) is 0 Å². The first-order valence-electron chi connectivity index (χ1n) is 10.8. The van der Waals surface area contributed by atoms with E-state index in [0.717, 1.165) is 23.9 Å². The van der Waals surface area contributed by atoms with Crippen LogP contribution in [0.2, 0.25) is 0 Å². The van der Waals surface area contributed by atoms with E-state index < -0.39 is 23.5 Å². The normalized spacial score (nSPS) is 13.9. The number of pyridine rings is 1. The second-order valence-electron chi connectivity index (χ2n) is 8.02. The molecule has 4 rings (SSSR count). The summed E-state index contributed by atoms with van der Waals surface area (Å²) in [6, 6.07) is 8.48. The van der Waals surface area contributed by atoms with Crippen molar-refractivity contribution in [1.82, 2.24) is 4.98 Å². The summed E-state index contributed by atoms with van der Waals surface area (Å²) in [5.41, 5.74) is 1.67. The van der Waals surface area contributed by atoms with Gasteiger partial charge in [-0.05, 0) is 60.4 Å². The number of alkyl halides is 3. The number of rotatable bonds is 4. The minimum atomic E-state index is -4.60. The summed E-state index contributed by atoms with van der Waals surface area (Å²) in [6.07, 6.45) is 2.59. The predicted octanol–water partition coefficient (Wildman–Crippen LogP) is 5.29. The first kappa shape index (κ1) is 24.2. The van der Waals surface area contributed by atoms with E-state index in [9.17, 15) is 22.4 Å². The Balaban J connectivity index is 1.68. The Morgan fingerprint density at radius 1 is 1.17 bits per heavy atom. The number of benzene rings is 2. The molecule has 0 aliphatic carbocycles. The summed E-state index contributed by atoms with van der Waals surface area (Å²) < 4.78 is 59.1. The molecule has 2 heterocycles. The molecule has 1 aliphatic heterocycles. The summed E-state index contributed by atoms with van der Waals surface area (Å²) >= 11 is 0. The summed E-state index contributed by atoms with van der Waals surface area (Å²) in [5.74, 6) is 0.999. The van der Waals surface area contributed by atoms with Gasteiger partial charge in [0, 0.05) is 30.4 Å². The van der Waals surface area contributed by atoms with Crippen LogP contribution >= 0.6 is 0 Å². The van der Waals surface area contributed by atoms with Gasteiger partial charge in [0.2, 0.25) is 0 Å². The number of morpholine rings is 1. The molecule has 9 heteroatoms. The second-order valence-corrected chi connectivity index (χ2v) is 8.02. The molecule has 180 valence electrons. The monoisotopic (exact) mass is 483 g/mol. The molecule has 1 aromatic heterocycles. The molecule has 1 amide bonds. The van der Waals surface area contributed by atoms with Gasteiger partial charge in [0.15, 0.2) is 0 Å². The number of hydrogen-bond acceptors (Lipinski definition) is 4. The minimum absolute atomic E-state index is 0.165. The van der Waals surface area contributed by atoms with Gasteiger partial charge in [0.05, 0.1) is 30.2 Å². The number of carbonyl (C=O) groups excluding carboxylic acids is 1. The molecule has 2 aromatic carbocycles. The molecule has 0 radical (unpaired) electrons. The summed E-state index contributed by atoms with van der Waals surface area (Å²) in [7, 11) is 0. The summed E-state index contributed by atoms with van der Waals surface area (Å²) in [6.45, 7) is 4.09.